The quantitative estimate of drug-likeness (QED) is 0.688. The van der Waals surface area contributed by atoms with Gasteiger partial charge < -0.3 is 24.1 Å². The number of alkyl halides is 1. The van der Waals surface area contributed by atoms with Gasteiger partial charge in [-0.25, -0.2) is 19.3 Å². The van der Waals surface area contributed by atoms with Gasteiger partial charge in [-0.15, -0.1) is 0 Å². The Balaban J connectivity index is 1.69. The number of rotatable bonds is 8. The number of hydrogen-bond donors (Lipinski definition) is 1. The monoisotopic (exact) mass is 387 g/mol. The van der Waals surface area contributed by atoms with Crippen molar-refractivity contribution in [3.63, 3.8) is 0 Å². The number of ether oxygens (including phenoxy) is 1. The van der Waals surface area contributed by atoms with Gasteiger partial charge in [0.05, 0.1) is 31.7 Å². The fraction of sp³-hybridized carbons (Fsp3) is 0.667. The summed E-state index contributed by atoms with van der Waals surface area (Å²) in [4.78, 5) is 12.2. The SMILES string of the molecule is CCOP(=O)(COC1CC(F)[C@H](n2cnc3c(N)ncnc32)C1)OCC. The lowest BCUT2D eigenvalue weighted by Gasteiger charge is -2.19. The number of aromatic nitrogens is 4. The molecule has 1 aliphatic rings. The molecular formula is C15H23FN5O4P. The van der Waals surface area contributed by atoms with E-state index < -0.39 is 25.9 Å². The zero-order valence-corrected chi connectivity index (χ0v) is 15.6. The molecule has 26 heavy (non-hydrogen) atoms. The summed E-state index contributed by atoms with van der Waals surface area (Å²) in [6.07, 6.45) is 1.68. The summed E-state index contributed by atoms with van der Waals surface area (Å²) in [7, 11) is -3.32. The second-order valence-electron chi connectivity index (χ2n) is 6.00. The number of nitrogen functional groups attached to an aromatic ring is 1. The zero-order valence-electron chi connectivity index (χ0n) is 14.7. The van der Waals surface area contributed by atoms with Crippen molar-refractivity contribution < 1.29 is 22.7 Å². The molecule has 2 aromatic heterocycles. The van der Waals surface area contributed by atoms with Crippen molar-refractivity contribution >= 4 is 24.6 Å². The summed E-state index contributed by atoms with van der Waals surface area (Å²) in [6, 6.07) is -0.488. The van der Waals surface area contributed by atoms with E-state index in [1.54, 1.807) is 18.4 Å². The lowest BCUT2D eigenvalue weighted by Crippen LogP contribution is -2.14. The number of nitrogens with zero attached hydrogens (tertiary/aromatic N) is 4. The molecule has 2 unspecified atom stereocenters. The molecule has 0 amide bonds. The van der Waals surface area contributed by atoms with Crippen LogP contribution in [0.1, 0.15) is 32.7 Å². The highest BCUT2D eigenvalue weighted by molar-refractivity contribution is 7.53. The lowest BCUT2D eigenvalue weighted by molar-refractivity contribution is 0.0654. The first-order valence-electron chi connectivity index (χ1n) is 8.54. The van der Waals surface area contributed by atoms with Crippen molar-refractivity contribution in [2.75, 3.05) is 25.3 Å². The highest BCUT2D eigenvalue weighted by Gasteiger charge is 2.38. The van der Waals surface area contributed by atoms with E-state index >= 15 is 0 Å². The van der Waals surface area contributed by atoms with Crippen LogP contribution < -0.4 is 5.73 Å². The van der Waals surface area contributed by atoms with Crippen LogP contribution in [0, 0.1) is 0 Å². The Labute approximate surface area is 150 Å². The van der Waals surface area contributed by atoms with E-state index in [4.69, 9.17) is 19.5 Å². The average Bonchev–Trinajstić information content (AvgIpc) is 3.18. The van der Waals surface area contributed by atoms with Gasteiger partial charge in [0.15, 0.2) is 11.5 Å². The maximum atomic E-state index is 14.6. The topological polar surface area (TPSA) is 114 Å². The number of anilines is 1. The number of imidazole rings is 1. The second kappa shape index (κ2) is 7.96. The van der Waals surface area contributed by atoms with E-state index in [0.29, 0.717) is 17.6 Å². The van der Waals surface area contributed by atoms with E-state index in [1.807, 2.05) is 0 Å². The zero-order chi connectivity index (χ0) is 18.7. The Morgan fingerprint density at radius 1 is 1.27 bits per heavy atom. The smallest absolute Gasteiger partial charge is 0.356 e. The van der Waals surface area contributed by atoms with E-state index in [1.165, 1.54) is 12.7 Å². The molecule has 0 aromatic carbocycles. The van der Waals surface area contributed by atoms with Crippen LogP contribution in [0.5, 0.6) is 0 Å². The van der Waals surface area contributed by atoms with Gasteiger partial charge in [0.1, 0.15) is 24.4 Å². The maximum absolute atomic E-state index is 14.6. The molecule has 0 radical (unpaired) electrons. The summed E-state index contributed by atoms with van der Waals surface area (Å²) in [5, 5.41) is 0. The molecule has 0 spiro atoms. The Morgan fingerprint density at radius 3 is 2.69 bits per heavy atom. The van der Waals surface area contributed by atoms with Crippen molar-refractivity contribution in [1.29, 1.82) is 0 Å². The molecule has 0 aliphatic heterocycles. The molecule has 144 valence electrons. The van der Waals surface area contributed by atoms with Crippen molar-refractivity contribution in [2.45, 2.75) is 45.0 Å². The first-order valence-corrected chi connectivity index (χ1v) is 10.3. The molecule has 2 heterocycles. The lowest BCUT2D eigenvalue weighted by atomic mass is 10.2. The van der Waals surface area contributed by atoms with Gasteiger partial charge in [0.2, 0.25) is 0 Å². The normalized spacial score (nSPS) is 23.7. The predicted molar refractivity (Wildman–Crippen MR) is 93.5 cm³/mol. The first kappa shape index (κ1) is 19.2. The summed E-state index contributed by atoms with van der Waals surface area (Å²) < 4.78 is 44.8. The van der Waals surface area contributed by atoms with Crippen LogP contribution in [0.2, 0.25) is 0 Å². The third-order valence-electron chi connectivity index (χ3n) is 4.27. The van der Waals surface area contributed by atoms with Gasteiger partial charge in [-0.2, -0.15) is 0 Å². The van der Waals surface area contributed by atoms with Crippen LogP contribution in [0.25, 0.3) is 11.2 Å². The molecule has 2 N–H and O–H groups in total. The summed E-state index contributed by atoms with van der Waals surface area (Å²) >= 11 is 0. The molecule has 2 aromatic rings. The molecule has 3 atom stereocenters. The number of halogens is 1. The third kappa shape index (κ3) is 3.88. The van der Waals surface area contributed by atoms with Gasteiger partial charge in [-0.05, 0) is 20.3 Å². The number of fused-ring (bicyclic) bond motifs is 1. The van der Waals surface area contributed by atoms with Crippen molar-refractivity contribution in [3.05, 3.63) is 12.7 Å². The van der Waals surface area contributed by atoms with Gasteiger partial charge in [-0.3, -0.25) is 4.57 Å². The highest BCUT2D eigenvalue weighted by atomic mass is 31.2. The third-order valence-corrected chi connectivity index (χ3v) is 6.04. The highest BCUT2D eigenvalue weighted by Crippen LogP contribution is 2.49. The average molecular weight is 387 g/mol. The first-order chi connectivity index (χ1) is 12.5. The van der Waals surface area contributed by atoms with Crippen LogP contribution in [-0.4, -0.2) is 51.4 Å². The minimum Gasteiger partial charge on any atom is -0.382 e. The Bertz CT molecular complexity index is 793. The summed E-state index contributed by atoms with van der Waals surface area (Å²) in [5.74, 6) is 0.254. The van der Waals surface area contributed by atoms with E-state index in [9.17, 15) is 8.96 Å². The second-order valence-corrected chi connectivity index (χ2v) is 8.00. The van der Waals surface area contributed by atoms with Gasteiger partial charge in [0, 0.05) is 6.42 Å². The minimum atomic E-state index is -3.32. The molecule has 1 aliphatic carbocycles. The molecule has 1 fully saturated rings. The molecule has 1 saturated carbocycles. The molecular weight excluding hydrogens is 364 g/mol. The molecule has 9 nitrogen and oxygen atoms in total. The standard InChI is InChI=1S/C15H23FN5O4P/c1-3-24-26(22,25-4-2)9-23-10-5-11(16)12(6-10)21-8-20-13-14(17)18-7-19-15(13)21/h7-8,10-12H,3-6,9H2,1-2H3,(H2,17,18,19)/t10?,11?,12-/m1/s1. The Morgan fingerprint density at radius 2 is 2.00 bits per heavy atom. The Kier molecular flexibility index (Phi) is 5.86. The van der Waals surface area contributed by atoms with Crippen molar-refractivity contribution in [1.82, 2.24) is 19.5 Å². The largest absolute Gasteiger partial charge is 0.382 e. The van der Waals surface area contributed by atoms with Gasteiger partial charge >= 0.3 is 7.60 Å². The summed E-state index contributed by atoms with van der Waals surface area (Å²) in [5.41, 5.74) is 6.71. The number of nitrogens with two attached hydrogens (primary N) is 1. The molecule has 11 heteroatoms. The Hall–Kier alpha value is -1.61. The van der Waals surface area contributed by atoms with Gasteiger partial charge in [-0.1, -0.05) is 0 Å². The van der Waals surface area contributed by atoms with E-state index in [-0.39, 0.29) is 31.8 Å². The van der Waals surface area contributed by atoms with Crippen molar-refractivity contribution in [3.8, 4) is 0 Å². The molecule has 0 bridgehead atoms. The van der Waals surface area contributed by atoms with Crippen LogP contribution in [0.15, 0.2) is 12.7 Å². The van der Waals surface area contributed by atoms with Crippen LogP contribution in [0.3, 0.4) is 0 Å². The minimum absolute atomic E-state index is 0.184. The van der Waals surface area contributed by atoms with Gasteiger partial charge in [0.25, 0.3) is 0 Å². The van der Waals surface area contributed by atoms with E-state index in [2.05, 4.69) is 15.0 Å². The van der Waals surface area contributed by atoms with E-state index in [0.717, 1.165) is 0 Å². The van der Waals surface area contributed by atoms with Crippen molar-refractivity contribution in [2.24, 2.45) is 0 Å². The maximum Gasteiger partial charge on any atom is 0.356 e. The molecule has 3 rings (SSSR count). The fourth-order valence-electron chi connectivity index (χ4n) is 3.16. The molecule has 0 saturated heterocycles. The summed E-state index contributed by atoms with van der Waals surface area (Å²) in [6.45, 7) is 3.96. The fourth-order valence-corrected chi connectivity index (χ4v) is 4.56. The predicted octanol–water partition coefficient (Wildman–Crippen LogP) is 2.69. The number of hydrogen-bond acceptors (Lipinski definition) is 8. The van der Waals surface area contributed by atoms with Crippen LogP contribution in [-0.2, 0) is 18.3 Å². The van der Waals surface area contributed by atoms with Crippen LogP contribution in [0.4, 0.5) is 10.2 Å². The van der Waals surface area contributed by atoms with Crippen LogP contribution >= 0.6 is 7.60 Å².